The minimum Gasteiger partial charge on any atom is -0.376 e. The number of hydrogen-bond donors (Lipinski definition) is 4. The minimum atomic E-state index is -1.50. The van der Waals surface area contributed by atoms with Crippen LogP contribution in [0.1, 0.15) is 65.6 Å². The number of carbonyl (C=O) groups excluding carboxylic acids is 2. The van der Waals surface area contributed by atoms with Gasteiger partial charge in [0.2, 0.25) is 5.91 Å². The maximum Gasteiger partial charge on any atom is 0.251 e. The molecule has 7 heteroatoms. The van der Waals surface area contributed by atoms with Crippen molar-refractivity contribution in [2.24, 2.45) is 11.8 Å². The summed E-state index contributed by atoms with van der Waals surface area (Å²) in [6.45, 7) is 4.43. The second kappa shape index (κ2) is 12.0. The third kappa shape index (κ3) is 9.69. The van der Waals surface area contributed by atoms with Crippen LogP contribution in [0.25, 0.3) is 0 Å². The summed E-state index contributed by atoms with van der Waals surface area (Å²) in [4.78, 5) is 24.2. The molecule has 30 heavy (non-hydrogen) atoms. The van der Waals surface area contributed by atoms with Crippen LogP contribution in [-0.2, 0) is 9.53 Å². The molecule has 1 saturated carbocycles. The van der Waals surface area contributed by atoms with Gasteiger partial charge in [-0.1, -0.05) is 37.5 Å². The predicted octanol–water partition coefficient (Wildman–Crippen LogP) is 2.72. The summed E-state index contributed by atoms with van der Waals surface area (Å²) in [5.74, 6) is -0.862. The summed E-state index contributed by atoms with van der Waals surface area (Å²) in [5.41, 5.74) is 0.678. The molecule has 0 radical (unpaired) electrons. The van der Waals surface area contributed by atoms with Gasteiger partial charge in [-0.05, 0) is 45.2 Å². The number of benzene rings is 1. The maximum absolute atomic E-state index is 12.2. The van der Waals surface area contributed by atoms with Crippen molar-refractivity contribution in [1.29, 1.82) is 0 Å². The Morgan fingerprint density at radius 1 is 1.07 bits per heavy atom. The largest absolute Gasteiger partial charge is 0.376 e. The first kappa shape index (κ1) is 24.3. The molecule has 1 aromatic carbocycles. The van der Waals surface area contributed by atoms with Gasteiger partial charge in [0.1, 0.15) is 0 Å². The van der Waals surface area contributed by atoms with Crippen LogP contribution in [0.2, 0.25) is 0 Å². The van der Waals surface area contributed by atoms with Gasteiger partial charge in [0.15, 0.2) is 5.79 Å². The summed E-state index contributed by atoms with van der Waals surface area (Å²) in [6.07, 6.45) is 6.57. The van der Waals surface area contributed by atoms with E-state index in [1.807, 2.05) is 30.3 Å². The van der Waals surface area contributed by atoms with Gasteiger partial charge < -0.3 is 25.6 Å². The Kier molecular flexibility index (Phi) is 9.75. The number of amides is 2. The Labute approximate surface area is 182 Å². The van der Waals surface area contributed by atoms with Crippen molar-refractivity contribution in [3.05, 3.63) is 35.9 Å². The van der Waals surface area contributed by atoms with Crippen molar-refractivity contribution in [2.45, 2.75) is 64.3 Å². The highest BCUT2D eigenvalue weighted by Gasteiger charge is 2.27. The van der Waals surface area contributed by atoms with Crippen LogP contribution in [0, 0.1) is 11.8 Å². The van der Waals surface area contributed by atoms with E-state index < -0.39 is 5.79 Å². The molecule has 0 aromatic heterocycles. The van der Waals surface area contributed by atoms with E-state index in [2.05, 4.69) is 10.6 Å². The molecule has 0 spiro atoms. The first-order chi connectivity index (χ1) is 14.2. The highest BCUT2D eigenvalue weighted by Crippen LogP contribution is 2.24. The first-order valence-electron chi connectivity index (χ1n) is 10.9. The zero-order chi connectivity index (χ0) is 22.0. The molecule has 0 bridgehead atoms. The van der Waals surface area contributed by atoms with E-state index >= 15 is 0 Å². The van der Waals surface area contributed by atoms with Gasteiger partial charge in [-0.25, -0.2) is 0 Å². The SMILES string of the molecule is CC(C)(O)O.O=C(NC[C@@H]1CO[C@H](CNC(=O)C2CCCCC2)C1)c1ccccc1.[HH].[HH]. The van der Waals surface area contributed by atoms with E-state index in [0.717, 1.165) is 19.3 Å². The van der Waals surface area contributed by atoms with E-state index in [4.69, 9.17) is 14.9 Å². The number of ether oxygens (including phenoxy) is 1. The highest BCUT2D eigenvalue weighted by molar-refractivity contribution is 5.94. The van der Waals surface area contributed by atoms with Gasteiger partial charge in [0.25, 0.3) is 5.91 Å². The Balaban J connectivity index is 0.00000124. The second-order valence-corrected chi connectivity index (χ2v) is 8.71. The standard InChI is InChI=1S/C20H28N2O3.C3H8O2.2H2/c23-19(16-7-3-1-4-8-16)21-12-15-11-18(25-14-15)13-22-20(24)17-9-5-2-6-10-17;1-3(2,4)5;;/h1,3-4,7-8,15,17-18H,2,5-6,9-14H2,(H,21,23)(H,22,24);4-5H,1-2H3;2*1H/t15-,18+;;;/m1.../s1. The molecular weight excluding hydrogens is 384 g/mol. The predicted molar refractivity (Wildman–Crippen MR) is 119 cm³/mol. The molecule has 1 saturated heterocycles. The van der Waals surface area contributed by atoms with Gasteiger partial charge in [-0.3, -0.25) is 9.59 Å². The fourth-order valence-corrected chi connectivity index (χ4v) is 3.72. The van der Waals surface area contributed by atoms with Gasteiger partial charge in [-0.2, -0.15) is 0 Å². The molecule has 1 aliphatic heterocycles. The van der Waals surface area contributed by atoms with Crippen molar-refractivity contribution in [2.75, 3.05) is 19.7 Å². The molecule has 172 valence electrons. The molecule has 0 unspecified atom stereocenters. The van der Waals surface area contributed by atoms with Gasteiger partial charge >= 0.3 is 0 Å². The third-order valence-electron chi connectivity index (χ3n) is 5.23. The fourth-order valence-electron chi connectivity index (χ4n) is 3.72. The number of rotatable bonds is 6. The fraction of sp³-hybridized carbons (Fsp3) is 0.652. The Hall–Kier alpha value is -1.96. The third-order valence-corrected chi connectivity index (χ3v) is 5.23. The molecule has 2 fully saturated rings. The zero-order valence-electron chi connectivity index (χ0n) is 18.1. The minimum absolute atomic E-state index is 0. The van der Waals surface area contributed by atoms with Crippen molar-refractivity contribution in [1.82, 2.24) is 10.6 Å². The number of aliphatic hydroxyl groups is 2. The van der Waals surface area contributed by atoms with Crippen molar-refractivity contribution in [3.63, 3.8) is 0 Å². The lowest BCUT2D eigenvalue weighted by molar-refractivity contribution is -0.128. The van der Waals surface area contributed by atoms with Gasteiger partial charge in [-0.15, -0.1) is 0 Å². The van der Waals surface area contributed by atoms with E-state index in [0.29, 0.717) is 31.2 Å². The molecular formula is C23H40N2O5. The molecule has 2 atom stereocenters. The van der Waals surface area contributed by atoms with Gasteiger partial charge in [0, 0.05) is 33.3 Å². The van der Waals surface area contributed by atoms with Crippen molar-refractivity contribution < 1.29 is 27.4 Å². The van der Waals surface area contributed by atoms with Crippen LogP contribution in [0.4, 0.5) is 0 Å². The van der Waals surface area contributed by atoms with Crippen LogP contribution in [0.15, 0.2) is 30.3 Å². The number of nitrogens with one attached hydrogen (secondary N) is 2. The normalized spacial score (nSPS) is 22.0. The molecule has 7 nitrogen and oxygen atoms in total. The monoisotopic (exact) mass is 424 g/mol. The molecule has 1 aromatic rings. The first-order valence-corrected chi connectivity index (χ1v) is 10.9. The second-order valence-electron chi connectivity index (χ2n) is 8.71. The topological polar surface area (TPSA) is 108 Å². The summed E-state index contributed by atoms with van der Waals surface area (Å²) in [7, 11) is 0. The molecule has 3 rings (SSSR count). The summed E-state index contributed by atoms with van der Waals surface area (Å²) >= 11 is 0. The number of hydrogen-bond acceptors (Lipinski definition) is 5. The van der Waals surface area contributed by atoms with Crippen LogP contribution < -0.4 is 10.6 Å². The average molecular weight is 425 g/mol. The average Bonchev–Trinajstić information content (AvgIpc) is 3.18. The van der Waals surface area contributed by atoms with Crippen molar-refractivity contribution in [3.8, 4) is 0 Å². The van der Waals surface area contributed by atoms with Crippen LogP contribution in [-0.4, -0.2) is 53.6 Å². The Morgan fingerprint density at radius 2 is 1.70 bits per heavy atom. The lowest BCUT2D eigenvalue weighted by Gasteiger charge is -2.21. The molecule has 2 amide bonds. The van der Waals surface area contributed by atoms with E-state index in [9.17, 15) is 9.59 Å². The number of carbonyl (C=O) groups is 2. The molecule has 1 aliphatic carbocycles. The Morgan fingerprint density at radius 3 is 2.33 bits per heavy atom. The molecule has 1 heterocycles. The maximum atomic E-state index is 12.2. The van der Waals surface area contributed by atoms with E-state index in [-0.39, 0.29) is 26.7 Å². The lowest BCUT2D eigenvalue weighted by Crippen LogP contribution is -2.37. The summed E-state index contributed by atoms with van der Waals surface area (Å²) in [5, 5.41) is 22.2. The van der Waals surface area contributed by atoms with Crippen molar-refractivity contribution >= 4 is 11.8 Å². The zero-order valence-corrected chi connectivity index (χ0v) is 18.1. The van der Waals surface area contributed by atoms with Crippen LogP contribution in [0.5, 0.6) is 0 Å². The summed E-state index contributed by atoms with van der Waals surface area (Å²) in [6, 6.07) is 9.24. The molecule has 2 aliphatic rings. The quantitative estimate of drug-likeness (QED) is 0.525. The Bertz CT molecular complexity index is 658. The summed E-state index contributed by atoms with van der Waals surface area (Å²) < 4.78 is 5.78. The van der Waals surface area contributed by atoms with E-state index in [1.54, 1.807) is 0 Å². The van der Waals surface area contributed by atoms with Gasteiger partial charge in [0.05, 0.1) is 12.7 Å². The van der Waals surface area contributed by atoms with Crippen LogP contribution >= 0.6 is 0 Å². The highest BCUT2D eigenvalue weighted by atomic mass is 16.5. The smallest absolute Gasteiger partial charge is 0.251 e. The van der Waals surface area contributed by atoms with Crippen LogP contribution in [0.3, 0.4) is 0 Å². The molecule has 4 N–H and O–H groups in total. The van der Waals surface area contributed by atoms with E-state index in [1.165, 1.54) is 33.1 Å². The lowest BCUT2D eigenvalue weighted by atomic mass is 9.88.